The molecule has 3 fully saturated rings. The van der Waals surface area contributed by atoms with E-state index in [1.807, 2.05) is 6.92 Å². The predicted molar refractivity (Wildman–Crippen MR) is 46.9 cm³/mol. The van der Waals surface area contributed by atoms with Crippen molar-refractivity contribution < 1.29 is 9.84 Å². The van der Waals surface area contributed by atoms with Crippen LogP contribution >= 0.6 is 0 Å². The maximum Gasteiger partial charge on any atom is 0.0919 e. The number of aliphatic hydroxyl groups excluding tert-OH is 1. The molecule has 70 valence electrons. The highest BCUT2D eigenvalue weighted by Gasteiger charge is 2.53. The van der Waals surface area contributed by atoms with E-state index in [1.165, 1.54) is 6.42 Å². The molecule has 0 aromatic carbocycles. The first kappa shape index (κ1) is 8.52. The lowest BCUT2D eigenvalue weighted by Crippen LogP contribution is -2.61. The molecule has 2 heteroatoms. The van der Waals surface area contributed by atoms with Crippen molar-refractivity contribution in [2.45, 2.75) is 57.3 Å². The van der Waals surface area contributed by atoms with Crippen molar-refractivity contribution in [2.75, 3.05) is 0 Å². The average molecular weight is 170 g/mol. The molecule has 0 amide bonds. The molecule has 0 radical (unpaired) electrons. The molecule has 1 saturated carbocycles. The Morgan fingerprint density at radius 2 is 2.00 bits per heavy atom. The Kier molecular flexibility index (Phi) is 1.59. The lowest BCUT2D eigenvalue weighted by atomic mass is 9.67. The minimum absolute atomic E-state index is 0.0216. The molecule has 2 saturated heterocycles. The zero-order valence-corrected chi connectivity index (χ0v) is 8.13. The standard InChI is InChI=1S/C10H18O2/c1-9(2)7-4-5-10(3,12-9)8(11)6-7/h7-8,11H,4-6H2,1-3H3/t7?,8-,10?/m1/s1. The molecule has 3 atom stereocenters. The second-order valence-electron chi connectivity index (χ2n) is 5.01. The molecule has 1 N–H and O–H groups in total. The molecular weight excluding hydrogens is 152 g/mol. The topological polar surface area (TPSA) is 29.5 Å². The Balaban J connectivity index is 2.26. The van der Waals surface area contributed by atoms with Crippen LogP contribution in [-0.4, -0.2) is 22.4 Å². The Morgan fingerprint density at radius 1 is 1.33 bits per heavy atom. The summed E-state index contributed by atoms with van der Waals surface area (Å²) in [6, 6.07) is 0. The van der Waals surface area contributed by atoms with Crippen LogP contribution < -0.4 is 0 Å². The number of fused-ring (bicyclic) bond motifs is 3. The van der Waals surface area contributed by atoms with Gasteiger partial charge in [-0.2, -0.15) is 0 Å². The molecule has 0 aromatic rings. The molecule has 2 heterocycles. The van der Waals surface area contributed by atoms with E-state index in [1.54, 1.807) is 0 Å². The Bertz CT molecular complexity index is 200. The maximum atomic E-state index is 9.77. The average Bonchev–Trinajstić information content (AvgIpc) is 1.91. The minimum atomic E-state index is -0.266. The van der Waals surface area contributed by atoms with Crippen LogP contribution in [0.25, 0.3) is 0 Å². The second kappa shape index (κ2) is 2.24. The third-order valence-electron chi connectivity index (χ3n) is 3.68. The summed E-state index contributed by atoms with van der Waals surface area (Å²) in [6.07, 6.45) is 2.90. The molecule has 2 bridgehead atoms. The normalized spacial score (nSPS) is 51.0. The van der Waals surface area contributed by atoms with E-state index in [0.29, 0.717) is 5.92 Å². The fraction of sp³-hybridized carbons (Fsp3) is 1.00. The number of hydrogen-bond donors (Lipinski definition) is 1. The Morgan fingerprint density at radius 3 is 2.33 bits per heavy atom. The highest BCUT2D eigenvalue weighted by molar-refractivity contribution is 5.02. The molecule has 0 spiro atoms. The van der Waals surface area contributed by atoms with Gasteiger partial charge < -0.3 is 9.84 Å². The van der Waals surface area contributed by atoms with Crippen molar-refractivity contribution in [1.29, 1.82) is 0 Å². The first-order chi connectivity index (χ1) is 5.44. The van der Waals surface area contributed by atoms with Crippen molar-refractivity contribution >= 4 is 0 Å². The van der Waals surface area contributed by atoms with Crippen LogP contribution in [0.3, 0.4) is 0 Å². The van der Waals surface area contributed by atoms with Gasteiger partial charge in [0.1, 0.15) is 0 Å². The van der Waals surface area contributed by atoms with Gasteiger partial charge in [-0.1, -0.05) is 0 Å². The SMILES string of the molecule is CC1(C)OC2(C)CCC1C[C@H]2O. The fourth-order valence-electron chi connectivity index (χ4n) is 2.70. The molecule has 3 rings (SSSR count). The van der Waals surface area contributed by atoms with Crippen LogP contribution in [0.2, 0.25) is 0 Å². The largest absolute Gasteiger partial charge is 0.390 e. The number of hydrogen-bond acceptors (Lipinski definition) is 2. The van der Waals surface area contributed by atoms with Crippen molar-refractivity contribution in [3.63, 3.8) is 0 Å². The molecule has 0 aromatic heterocycles. The second-order valence-corrected chi connectivity index (χ2v) is 5.01. The zero-order chi connectivity index (χ0) is 8.98. The Labute approximate surface area is 73.9 Å². The van der Waals surface area contributed by atoms with Crippen molar-refractivity contribution in [3.8, 4) is 0 Å². The summed E-state index contributed by atoms with van der Waals surface area (Å²) in [7, 11) is 0. The van der Waals surface area contributed by atoms with Gasteiger partial charge in [-0.3, -0.25) is 0 Å². The number of rotatable bonds is 0. The lowest BCUT2D eigenvalue weighted by molar-refractivity contribution is -0.273. The van der Waals surface area contributed by atoms with Crippen LogP contribution in [0.4, 0.5) is 0 Å². The van der Waals surface area contributed by atoms with E-state index in [0.717, 1.165) is 12.8 Å². The third kappa shape index (κ3) is 1.01. The summed E-state index contributed by atoms with van der Waals surface area (Å²) in [4.78, 5) is 0. The molecular formula is C10H18O2. The van der Waals surface area contributed by atoms with Gasteiger partial charge in [0.15, 0.2) is 0 Å². The molecule has 1 aliphatic carbocycles. The monoisotopic (exact) mass is 170 g/mol. The molecule has 2 aliphatic heterocycles. The molecule has 2 nitrogen and oxygen atoms in total. The first-order valence-electron chi connectivity index (χ1n) is 4.82. The summed E-state index contributed by atoms with van der Waals surface area (Å²) in [6.45, 7) is 6.32. The van der Waals surface area contributed by atoms with Gasteiger partial charge in [0, 0.05) is 0 Å². The summed E-state index contributed by atoms with van der Waals surface area (Å²) >= 11 is 0. The van der Waals surface area contributed by atoms with E-state index in [2.05, 4.69) is 13.8 Å². The molecule has 2 unspecified atom stereocenters. The Hall–Kier alpha value is -0.0800. The van der Waals surface area contributed by atoms with Gasteiger partial charge in [0.05, 0.1) is 17.3 Å². The van der Waals surface area contributed by atoms with E-state index >= 15 is 0 Å². The summed E-state index contributed by atoms with van der Waals surface area (Å²) < 4.78 is 5.92. The summed E-state index contributed by atoms with van der Waals surface area (Å²) in [5.74, 6) is 0.550. The van der Waals surface area contributed by atoms with Gasteiger partial charge >= 0.3 is 0 Å². The van der Waals surface area contributed by atoms with Gasteiger partial charge in [-0.05, 0) is 46.0 Å². The summed E-state index contributed by atoms with van der Waals surface area (Å²) in [5.41, 5.74) is -0.287. The van der Waals surface area contributed by atoms with Gasteiger partial charge in [-0.15, -0.1) is 0 Å². The van der Waals surface area contributed by atoms with Crippen LogP contribution in [-0.2, 0) is 4.74 Å². The van der Waals surface area contributed by atoms with E-state index in [9.17, 15) is 5.11 Å². The van der Waals surface area contributed by atoms with Crippen LogP contribution in [0.15, 0.2) is 0 Å². The molecule has 3 aliphatic rings. The maximum absolute atomic E-state index is 9.77. The fourth-order valence-corrected chi connectivity index (χ4v) is 2.70. The van der Waals surface area contributed by atoms with Gasteiger partial charge in [-0.25, -0.2) is 0 Å². The quantitative estimate of drug-likeness (QED) is 0.599. The smallest absolute Gasteiger partial charge is 0.0919 e. The number of aliphatic hydroxyl groups is 1. The summed E-state index contributed by atoms with van der Waals surface area (Å²) in [5, 5.41) is 9.77. The van der Waals surface area contributed by atoms with Crippen molar-refractivity contribution in [2.24, 2.45) is 5.92 Å². The van der Waals surface area contributed by atoms with Crippen molar-refractivity contribution in [3.05, 3.63) is 0 Å². The highest BCUT2D eigenvalue weighted by atomic mass is 16.5. The minimum Gasteiger partial charge on any atom is -0.390 e. The van der Waals surface area contributed by atoms with Crippen LogP contribution in [0, 0.1) is 5.92 Å². The van der Waals surface area contributed by atoms with E-state index < -0.39 is 0 Å². The van der Waals surface area contributed by atoms with Crippen molar-refractivity contribution in [1.82, 2.24) is 0 Å². The van der Waals surface area contributed by atoms with Crippen LogP contribution in [0.1, 0.15) is 40.0 Å². The first-order valence-corrected chi connectivity index (χ1v) is 4.82. The van der Waals surface area contributed by atoms with E-state index in [-0.39, 0.29) is 17.3 Å². The predicted octanol–water partition coefficient (Wildman–Crippen LogP) is 1.71. The third-order valence-corrected chi connectivity index (χ3v) is 3.68. The highest BCUT2D eigenvalue weighted by Crippen LogP contribution is 2.49. The van der Waals surface area contributed by atoms with E-state index in [4.69, 9.17) is 4.74 Å². The lowest BCUT2D eigenvalue weighted by Gasteiger charge is -2.56. The zero-order valence-electron chi connectivity index (χ0n) is 8.13. The molecule has 12 heavy (non-hydrogen) atoms. The number of ether oxygens (including phenoxy) is 1. The van der Waals surface area contributed by atoms with Crippen LogP contribution in [0.5, 0.6) is 0 Å². The van der Waals surface area contributed by atoms with Gasteiger partial charge in [0.2, 0.25) is 0 Å². The van der Waals surface area contributed by atoms with Gasteiger partial charge in [0.25, 0.3) is 0 Å².